The fourth-order valence-corrected chi connectivity index (χ4v) is 1.99. The average molecular weight is 260 g/mol. The summed E-state index contributed by atoms with van der Waals surface area (Å²) in [7, 11) is 0. The number of rotatable bonds is 7. The highest BCUT2D eigenvalue weighted by atomic mass is 16.5. The second-order valence-corrected chi connectivity index (χ2v) is 4.51. The van der Waals surface area contributed by atoms with Crippen molar-refractivity contribution in [3.8, 4) is 0 Å². The van der Waals surface area contributed by atoms with Crippen molar-refractivity contribution in [2.45, 2.75) is 39.2 Å². The maximum Gasteiger partial charge on any atom is 0.228 e. The molecule has 102 valence electrons. The molecule has 0 aliphatic heterocycles. The van der Waals surface area contributed by atoms with E-state index in [0.29, 0.717) is 24.2 Å². The molecule has 0 aromatic carbocycles. The van der Waals surface area contributed by atoms with Gasteiger partial charge in [-0.2, -0.15) is 4.98 Å². The van der Waals surface area contributed by atoms with Gasteiger partial charge in [-0.3, -0.25) is 4.98 Å². The Hall–Kier alpha value is -1.75. The van der Waals surface area contributed by atoms with Crippen LogP contribution in [-0.4, -0.2) is 27.7 Å². The third-order valence-corrected chi connectivity index (χ3v) is 3.00. The fraction of sp³-hybridized carbons (Fsp3) is 0.500. The standard InChI is InChI=1S/C14H20N4O/c1-3-12(16-4-2)9-14-17-13(18-19-14)8-11-6-5-7-15-10-11/h5-7,10,12,16H,3-4,8-9H2,1-2H3. The lowest BCUT2D eigenvalue weighted by Gasteiger charge is -2.12. The predicted octanol–water partition coefficient (Wildman–Crippen LogP) is 1.99. The normalized spacial score (nSPS) is 12.5. The van der Waals surface area contributed by atoms with E-state index in [9.17, 15) is 0 Å². The first-order valence-electron chi connectivity index (χ1n) is 6.75. The van der Waals surface area contributed by atoms with Crippen molar-refractivity contribution >= 4 is 0 Å². The van der Waals surface area contributed by atoms with E-state index >= 15 is 0 Å². The van der Waals surface area contributed by atoms with Crippen LogP contribution in [0.5, 0.6) is 0 Å². The van der Waals surface area contributed by atoms with Gasteiger partial charge in [-0.15, -0.1) is 0 Å². The number of hydrogen-bond donors (Lipinski definition) is 1. The van der Waals surface area contributed by atoms with Crippen molar-refractivity contribution in [3.63, 3.8) is 0 Å². The van der Waals surface area contributed by atoms with E-state index in [1.54, 1.807) is 6.20 Å². The molecule has 2 aromatic heterocycles. The second-order valence-electron chi connectivity index (χ2n) is 4.51. The van der Waals surface area contributed by atoms with Gasteiger partial charge in [-0.05, 0) is 24.6 Å². The monoisotopic (exact) mass is 260 g/mol. The summed E-state index contributed by atoms with van der Waals surface area (Å²) in [6.45, 7) is 5.21. The first kappa shape index (κ1) is 13.7. The van der Waals surface area contributed by atoms with E-state index in [2.05, 4.69) is 34.3 Å². The Morgan fingerprint density at radius 3 is 2.95 bits per heavy atom. The molecular formula is C14H20N4O. The van der Waals surface area contributed by atoms with Gasteiger partial charge in [0.1, 0.15) is 0 Å². The molecule has 0 radical (unpaired) electrons. The molecule has 2 rings (SSSR count). The third kappa shape index (κ3) is 4.13. The summed E-state index contributed by atoms with van der Waals surface area (Å²) >= 11 is 0. The van der Waals surface area contributed by atoms with Crippen LogP contribution in [0.2, 0.25) is 0 Å². The maximum absolute atomic E-state index is 5.29. The molecule has 5 heteroatoms. The topological polar surface area (TPSA) is 63.8 Å². The third-order valence-electron chi connectivity index (χ3n) is 3.00. The summed E-state index contributed by atoms with van der Waals surface area (Å²) < 4.78 is 5.29. The summed E-state index contributed by atoms with van der Waals surface area (Å²) in [4.78, 5) is 8.51. The van der Waals surface area contributed by atoms with Crippen molar-refractivity contribution in [1.29, 1.82) is 0 Å². The summed E-state index contributed by atoms with van der Waals surface area (Å²) in [5.74, 6) is 1.42. The van der Waals surface area contributed by atoms with Crippen molar-refractivity contribution in [2.24, 2.45) is 0 Å². The molecule has 0 amide bonds. The van der Waals surface area contributed by atoms with Crippen molar-refractivity contribution in [3.05, 3.63) is 41.8 Å². The molecule has 0 spiro atoms. The number of pyridine rings is 1. The lowest BCUT2D eigenvalue weighted by atomic mass is 10.1. The van der Waals surface area contributed by atoms with Gasteiger partial charge in [-0.25, -0.2) is 0 Å². The van der Waals surface area contributed by atoms with Crippen LogP contribution in [0, 0.1) is 0 Å². The summed E-state index contributed by atoms with van der Waals surface area (Å²) in [6.07, 6.45) is 6.07. The van der Waals surface area contributed by atoms with Crippen molar-refractivity contribution < 1.29 is 4.52 Å². The minimum atomic E-state index is 0.400. The summed E-state index contributed by atoms with van der Waals surface area (Å²) in [5, 5.41) is 7.42. The van der Waals surface area contributed by atoms with Crippen LogP contribution >= 0.6 is 0 Å². The molecule has 0 saturated carbocycles. The van der Waals surface area contributed by atoms with E-state index in [4.69, 9.17) is 4.52 Å². The Labute approximate surface area is 113 Å². The summed E-state index contributed by atoms with van der Waals surface area (Å²) in [5.41, 5.74) is 1.09. The van der Waals surface area contributed by atoms with Gasteiger partial charge in [0.2, 0.25) is 5.89 Å². The van der Waals surface area contributed by atoms with Gasteiger partial charge in [0.15, 0.2) is 5.82 Å². The summed E-state index contributed by atoms with van der Waals surface area (Å²) in [6, 6.07) is 4.32. The first-order chi connectivity index (χ1) is 9.31. The van der Waals surface area contributed by atoms with Crippen molar-refractivity contribution in [2.75, 3.05) is 6.54 Å². The van der Waals surface area contributed by atoms with Gasteiger partial charge in [0.05, 0.1) is 0 Å². The van der Waals surface area contributed by atoms with E-state index < -0.39 is 0 Å². The average Bonchev–Trinajstić information content (AvgIpc) is 2.86. The molecular weight excluding hydrogens is 240 g/mol. The predicted molar refractivity (Wildman–Crippen MR) is 72.8 cm³/mol. The largest absolute Gasteiger partial charge is 0.339 e. The van der Waals surface area contributed by atoms with E-state index in [0.717, 1.165) is 24.9 Å². The van der Waals surface area contributed by atoms with Gasteiger partial charge < -0.3 is 9.84 Å². The number of hydrogen-bond acceptors (Lipinski definition) is 5. The van der Waals surface area contributed by atoms with Crippen LogP contribution in [0.15, 0.2) is 29.0 Å². The quantitative estimate of drug-likeness (QED) is 0.824. The van der Waals surface area contributed by atoms with Gasteiger partial charge in [0.25, 0.3) is 0 Å². The lowest BCUT2D eigenvalue weighted by molar-refractivity contribution is 0.352. The van der Waals surface area contributed by atoms with E-state index in [1.165, 1.54) is 0 Å². The number of nitrogens with one attached hydrogen (secondary N) is 1. The molecule has 1 unspecified atom stereocenters. The van der Waals surface area contributed by atoms with E-state index in [-0.39, 0.29) is 0 Å². The highest BCUT2D eigenvalue weighted by Gasteiger charge is 2.12. The Balaban J connectivity index is 1.95. The SMILES string of the molecule is CCNC(CC)Cc1nc(Cc2cccnc2)no1. The van der Waals surface area contributed by atoms with Crippen LogP contribution in [0.3, 0.4) is 0 Å². The smallest absolute Gasteiger partial charge is 0.228 e. The molecule has 0 aliphatic rings. The molecule has 1 N–H and O–H groups in total. The number of likely N-dealkylation sites (N-methyl/N-ethyl adjacent to an activating group) is 1. The molecule has 1 atom stereocenters. The Bertz CT molecular complexity index is 483. The number of nitrogens with zero attached hydrogens (tertiary/aromatic N) is 3. The number of aromatic nitrogens is 3. The highest BCUT2D eigenvalue weighted by molar-refractivity contribution is 5.13. The molecule has 2 aromatic rings. The molecule has 0 aliphatic carbocycles. The fourth-order valence-electron chi connectivity index (χ4n) is 1.99. The van der Waals surface area contributed by atoms with Crippen molar-refractivity contribution in [1.82, 2.24) is 20.4 Å². The Morgan fingerprint density at radius 2 is 2.26 bits per heavy atom. The maximum atomic E-state index is 5.29. The van der Waals surface area contributed by atoms with Gasteiger partial charge >= 0.3 is 0 Å². The minimum Gasteiger partial charge on any atom is -0.339 e. The zero-order chi connectivity index (χ0) is 13.5. The second kappa shape index (κ2) is 6.99. The van der Waals surface area contributed by atoms with Crippen LogP contribution in [0.25, 0.3) is 0 Å². The van der Waals surface area contributed by atoms with Gasteiger partial charge in [-0.1, -0.05) is 25.1 Å². The highest BCUT2D eigenvalue weighted by Crippen LogP contribution is 2.08. The zero-order valence-electron chi connectivity index (χ0n) is 11.5. The van der Waals surface area contributed by atoms with E-state index in [1.807, 2.05) is 18.3 Å². The van der Waals surface area contributed by atoms with Crippen LogP contribution in [0.4, 0.5) is 0 Å². The lowest BCUT2D eigenvalue weighted by Crippen LogP contribution is -2.30. The Morgan fingerprint density at radius 1 is 1.37 bits per heavy atom. The molecule has 2 heterocycles. The van der Waals surface area contributed by atoms with Crippen LogP contribution in [-0.2, 0) is 12.8 Å². The molecule has 0 fully saturated rings. The zero-order valence-corrected chi connectivity index (χ0v) is 11.5. The molecule has 0 saturated heterocycles. The molecule has 0 bridgehead atoms. The Kier molecular flexibility index (Phi) is 5.03. The minimum absolute atomic E-state index is 0.400. The van der Waals surface area contributed by atoms with Crippen LogP contribution in [0.1, 0.15) is 37.5 Å². The van der Waals surface area contributed by atoms with Gasteiger partial charge in [0, 0.05) is 31.3 Å². The molecule has 5 nitrogen and oxygen atoms in total. The first-order valence-corrected chi connectivity index (χ1v) is 6.75. The van der Waals surface area contributed by atoms with Crippen LogP contribution < -0.4 is 5.32 Å². The molecule has 19 heavy (non-hydrogen) atoms.